The van der Waals surface area contributed by atoms with Crippen LogP contribution in [0.25, 0.3) is 0 Å². The summed E-state index contributed by atoms with van der Waals surface area (Å²) in [6.07, 6.45) is 0.362. The lowest BCUT2D eigenvalue weighted by molar-refractivity contribution is 0.501. The van der Waals surface area contributed by atoms with Crippen LogP contribution < -0.4 is 0 Å². The van der Waals surface area contributed by atoms with Gasteiger partial charge in [-0.15, -0.1) is 0 Å². The van der Waals surface area contributed by atoms with Crippen LogP contribution >= 0.6 is 11.6 Å². The second-order valence-electron chi connectivity index (χ2n) is 3.52. The Morgan fingerprint density at radius 1 is 0.938 bits per heavy atom. The van der Waals surface area contributed by atoms with Crippen molar-refractivity contribution in [2.45, 2.75) is 6.42 Å². The zero-order valence-corrected chi connectivity index (χ0v) is 9.14. The molecule has 2 aromatic rings. The Morgan fingerprint density at radius 3 is 2.31 bits per heavy atom. The fraction of sp³-hybridized carbons (Fsp3) is 0.0769. The van der Waals surface area contributed by atoms with E-state index in [0.717, 1.165) is 11.6 Å². The molecule has 0 aliphatic carbocycles. The molecule has 3 heteroatoms. The van der Waals surface area contributed by atoms with Gasteiger partial charge in [-0.2, -0.15) is 0 Å². The Hall–Kier alpha value is -1.41. The van der Waals surface area contributed by atoms with E-state index in [1.807, 2.05) is 0 Å². The van der Waals surface area contributed by atoms with Crippen LogP contribution in [0.15, 0.2) is 42.5 Å². The molecule has 82 valence electrons. The van der Waals surface area contributed by atoms with Gasteiger partial charge in [0.15, 0.2) is 11.6 Å². The van der Waals surface area contributed by atoms with E-state index in [-0.39, 0.29) is 0 Å². The van der Waals surface area contributed by atoms with Gasteiger partial charge in [0.25, 0.3) is 0 Å². The van der Waals surface area contributed by atoms with Gasteiger partial charge in [0.05, 0.1) is 0 Å². The molecule has 0 heterocycles. The maximum atomic E-state index is 13.4. The highest BCUT2D eigenvalue weighted by Crippen LogP contribution is 2.17. The maximum absolute atomic E-state index is 13.4. The molecule has 0 saturated heterocycles. The molecular formula is C13H9ClF2. The first kappa shape index (κ1) is 11.1. The monoisotopic (exact) mass is 238 g/mol. The van der Waals surface area contributed by atoms with Gasteiger partial charge in [-0.1, -0.05) is 35.9 Å². The third-order valence-electron chi connectivity index (χ3n) is 2.34. The van der Waals surface area contributed by atoms with Gasteiger partial charge in [-0.25, -0.2) is 8.78 Å². The lowest BCUT2D eigenvalue weighted by Crippen LogP contribution is -1.95. The van der Waals surface area contributed by atoms with Crippen LogP contribution in [0.4, 0.5) is 8.78 Å². The molecule has 0 N–H and O–H groups in total. The molecule has 0 spiro atoms. The maximum Gasteiger partial charge on any atom is 0.162 e. The SMILES string of the molecule is Fc1cccc(Cc2ccc(Cl)cc2)c1F. The summed E-state index contributed by atoms with van der Waals surface area (Å²) < 4.78 is 26.3. The van der Waals surface area contributed by atoms with E-state index in [4.69, 9.17) is 11.6 Å². The second kappa shape index (κ2) is 4.62. The van der Waals surface area contributed by atoms with Gasteiger partial charge < -0.3 is 0 Å². The van der Waals surface area contributed by atoms with Crippen molar-refractivity contribution >= 4 is 11.6 Å². The van der Waals surface area contributed by atoms with Crippen LogP contribution in [0.2, 0.25) is 5.02 Å². The summed E-state index contributed by atoms with van der Waals surface area (Å²) >= 11 is 5.74. The van der Waals surface area contributed by atoms with Gasteiger partial charge >= 0.3 is 0 Å². The third-order valence-corrected chi connectivity index (χ3v) is 2.59. The van der Waals surface area contributed by atoms with E-state index in [1.54, 1.807) is 30.3 Å². The molecule has 16 heavy (non-hydrogen) atoms. The fourth-order valence-electron chi connectivity index (χ4n) is 1.51. The summed E-state index contributed by atoms with van der Waals surface area (Å²) in [5, 5.41) is 0.628. The van der Waals surface area contributed by atoms with Crippen LogP contribution in [0.5, 0.6) is 0 Å². The van der Waals surface area contributed by atoms with Crippen molar-refractivity contribution in [3.8, 4) is 0 Å². The molecule has 2 rings (SSSR count). The van der Waals surface area contributed by atoms with E-state index >= 15 is 0 Å². The molecule has 0 radical (unpaired) electrons. The summed E-state index contributed by atoms with van der Waals surface area (Å²) in [4.78, 5) is 0. The highest BCUT2D eigenvalue weighted by molar-refractivity contribution is 6.30. The van der Waals surface area contributed by atoms with Crippen molar-refractivity contribution < 1.29 is 8.78 Å². The summed E-state index contributed by atoms with van der Waals surface area (Å²) in [5.74, 6) is -1.59. The van der Waals surface area contributed by atoms with Gasteiger partial charge in [0, 0.05) is 11.4 Å². The number of hydrogen-bond donors (Lipinski definition) is 0. The summed E-state index contributed by atoms with van der Waals surface area (Å²) in [6.45, 7) is 0. The lowest BCUT2D eigenvalue weighted by atomic mass is 10.0. The largest absolute Gasteiger partial charge is 0.204 e. The van der Waals surface area contributed by atoms with Crippen molar-refractivity contribution in [2.24, 2.45) is 0 Å². The van der Waals surface area contributed by atoms with Crippen molar-refractivity contribution in [2.75, 3.05) is 0 Å². The molecule has 0 unspecified atom stereocenters. The minimum Gasteiger partial charge on any atom is -0.204 e. The second-order valence-corrected chi connectivity index (χ2v) is 3.95. The average molecular weight is 239 g/mol. The van der Waals surface area contributed by atoms with Crippen molar-refractivity contribution in [1.29, 1.82) is 0 Å². The molecule has 0 atom stereocenters. The molecule has 2 aromatic carbocycles. The first-order valence-corrected chi connectivity index (χ1v) is 5.22. The smallest absolute Gasteiger partial charge is 0.162 e. The van der Waals surface area contributed by atoms with Crippen LogP contribution in [0, 0.1) is 11.6 Å². The Bertz CT molecular complexity index is 492. The standard InChI is InChI=1S/C13H9ClF2/c14-11-6-4-9(5-7-11)8-10-2-1-3-12(15)13(10)16/h1-7H,8H2. The van der Waals surface area contributed by atoms with Crippen molar-refractivity contribution in [1.82, 2.24) is 0 Å². The Labute approximate surface area is 97.5 Å². The number of rotatable bonds is 2. The van der Waals surface area contributed by atoms with Crippen LogP contribution in [-0.2, 0) is 6.42 Å². The minimum absolute atomic E-state index is 0.349. The van der Waals surface area contributed by atoms with Gasteiger partial charge in [0.1, 0.15) is 0 Å². The van der Waals surface area contributed by atoms with Gasteiger partial charge in [-0.3, -0.25) is 0 Å². The summed E-state index contributed by atoms with van der Waals surface area (Å²) in [7, 11) is 0. The predicted molar refractivity (Wildman–Crippen MR) is 60.6 cm³/mol. The molecule has 0 aliphatic rings. The normalized spacial score (nSPS) is 10.4. The highest BCUT2D eigenvalue weighted by atomic mass is 35.5. The van der Waals surface area contributed by atoms with Crippen LogP contribution in [0.3, 0.4) is 0 Å². The molecular weight excluding hydrogens is 230 g/mol. The Kier molecular flexibility index (Phi) is 3.20. The molecule has 0 amide bonds. The summed E-state index contributed by atoms with van der Waals surface area (Å²) in [6, 6.07) is 11.2. The summed E-state index contributed by atoms with van der Waals surface area (Å²) in [5.41, 5.74) is 1.25. The number of hydrogen-bond acceptors (Lipinski definition) is 0. The topological polar surface area (TPSA) is 0 Å². The van der Waals surface area contributed by atoms with E-state index in [2.05, 4.69) is 0 Å². The molecule has 0 aliphatic heterocycles. The minimum atomic E-state index is -0.813. The van der Waals surface area contributed by atoms with E-state index in [1.165, 1.54) is 6.07 Å². The van der Waals surface area contributed by atoms with Gasteiger partial charge in [-0.05, 0) is 29.3 Å². The Balaban J connectivity index is 2.27. The fourth-order valence-corrected chi connectivity index (χ4v) is 1.63. The van der Waals surface area contributed by atoms with Crippen molar-refractivity contribution in [3.05, 3.63) is 70.2 Å². The van der Waals surface area contributed by atoms with Crippen LogP contribution in [0.1, 0.15) is 11.1 Å². The predicted octanol–water partition coefficient (Wildman–Crippen LogP) is 4.21. The zero-order chi connectivity index (χ0) is 11.5. The first-order chi connectivity index (χ1) is 7.66. The van der Waals surface area contributed by atoms with E-state index < -0.39 is 11.6 Å². The van der Waals surface area contributed by atoms with E-state index in [0.29, 0.717) is 17.0 Å². The van der Waals surface area contributed by atoms with Crippen LogP contribution in [-0.4, -0.2) is 0 Å². The molecule has 0 bridgehead atoms. The van der Waals surface area contributed by atoms with Gasteiger partial charge in [0.2, 0.25) is 0 Å². The zero-order valence-electron chi connectivity index (χ0n) is 8.38. The Morgan fingerprint density at radius 2 is 1.62 bits per heavy atom. The molecule has 0 saturated carbocycles. The quantitative estimate of drug-likeness (QED) is 0.735. The number of halogens is 3. The molecule has 0 fully saturated rings. The first-order valence-electron chi connectivity index (χ1n) is 4.84. The van der Waals surface area contributed by atoms with Crippen molar-refractivity contribution in [3.63, 3.8) is 0 Å². The average Bonchev–Trinajstić information content (AvgIpc) is 2.28. The number of benzene rings is 2. The highest BCUT2D eigenvalue weighted by Gasteiger charge is 2.07. The third kappa shape index (κ3) is 2.39. The van der Waals surface area contributed by atoms with E-state index in [9.17, 15) is 8.78 Å². The lowest BCUT2D eigenvalue weighted by Gasteiger charge is -2.04. The molecule has 0 aromatic heterocycles. The molecule has 0 nitrogen and oxygen atoms in total.